The molecule has 0 aliphatic carbocycles. The van der Waals surface area contributed by atoms with Crippen LogP contribution >= 0.6 is 0 Å². The number of nitrogens with zero attached hydrogens (tertiary/aromatic N) is 3. The maximum absolute atomic E-state index is 8.98. The second-order valence-electron chi connectivity index (χ2n) is 5.68. The van der Waals surface area contributed by atoms with Gasteiger partial charge in [0.2, 0.25) is 0 Å². The first-order chi connectivity index (χ1) is 11.6. The summed E-state index contributed by atoms with van der Waals surface area (Å²) in [6.45, 7) is 8.14. The first-order valence-corrected chi connectivity index (χ1v) is 7.87. The van der Waals surface area contributed by atoms with E-state index in [0.717, 1.165) is 11.3 Å². The van der Waals surface area contributed by atoms with Crippen molar-refractivity contribution in [2.24, 2.45) is 16.9 Å². The van der Waals surface area contributed by atoms with Crippen molar-refractivity contribution in [2.45, 2.75) is 19.9 Å². The summed E-state index contributed by atoms with van der Waals surface area (Å²) in [7, 11) is 0. The van der Waals surface area contributed by atoms with E-state index in [1.54, 1.807) is 12.1 Å². The molecule has 2 N–H and O–H groups in total. The Bertz CT molecular complexity index is 741. The Morgan fingerprint density at radius 2 is 1.79 bits per heavy atom. The van der Waals surface area contributed by atoms with Crippen LogP contribution in [0.15, 0.2) is 72.4 Å². The molecule has 0 saturated heterocycles. The Labute approximate surface area is 143 Å². The zero-order valence-corrected chi connectivity index (χ0v) is 14.1. The van der Waals surface area contributed by atoms with Crippen LogP contribution in [-0.4, -0.2) is 11.9 Å². The maximum atomic E-state index is 8.98. The molecule has 4 nitrogen and oxygen atoms in total. The third kappa shape index (κ3) is 3.64. The maximum Gasteiger partial charge on any atom is 0.160 e. The molecule has 24 heavy (non-hydrogen) atoms. The van der Waals surface area contributed by atoms with Gasteiger partial charge in [-0.2, -0.15) is 10.4 Å². The summed E-state index contributed by atoms with van der Waals surface area (Å²) in [5.74, 6) is 6.64. The van der Waals surface area contributed by atoms with Crippen LogP contribution in [0.25, 0.3) is 0 Å². The van der Waals surface area contributed by atoms with Crippen molar-refractivity contribution in [3.63, 3.8) is 0 Å². The summed E-state index contributed by atoms with van der Waals surface area (Å²) < 4.78 is 0. The number of amidine groups is 1. The highest BCUT2D eigenvalue weighted by Crippen LogP contribution is 2.24. The number of hydrogen-bond acceptors (Lipinski definition) is 3. The van der Waals surface area contributed by atoms with Gasteiger partial charge in [-0.15, -0.1) is 6.58 Å². The van der Waals surface area contributed by atoms with Gasteiger partial charge in [-0.3, -0.25) is 0 Å². The monoisotopic (exact) mass is 318 g/mol. The van der Waals surface area contributed by atoms with Gasteiger partial charge in [0.25, 0.3) is 0 Å². The number of anilines is 1. The van der Waals surface area contributed by atoms with Crippen LogP contribution in [0.3, 0.4) is 0 Å². The lowest BCUT2D eigenvalue weighted by Crippen LogP contribution is -2.43. The minimum atomic E-state index is 0.114. The quantitative estimate of drug-likeness (QED) is 0.299. The fourth-order valence-corrected chi connectivity index (χ4v) is 2.54. The Morgan fingerprint density at radius 3 is 2.29 bits per heavy atom. The molecule has 0 heterocycles. The molecule has 0 aromatic heterocycles. The largest absolute Gasteiger partial charge is 0.321 e. The van der Waals surface area contributed by atoms with E-state index in [1.807, 2.05) is 48.5 Å². The van der Waals surface area contributed by atoms with Gasteiger partial charge < -0.3 is 10.7 Å². The van der Waals surface area contributed by atoms with Crippen molar-refractivity contribution in [1.82, 2.24) is 0 Å². The Kier molecular flexibility index (Phi) is 5.75. The van der Waals surface area contributed by atoms with E-state index >= 15 is 0 Å². The number of benzene rings is 2. The molecule has 0 fully saturated rings. The molecule has 122 valence electrons. The van der Waals surface area contributed by atoms with Crippen LogP contribution in [0.5, 0.6) is 0 Å². The molecule has 0 amide bonds. The topological polar surface area (TPSA) is 65.4 Å². The van der Waals surface area contributed by atoms with Gasteiger partial charge in [0, 0.05) is 17.3 Å². The fraction of sp³-hybridized carbons (Fsp3) is 0.200. The molecule has 0 bridgehead atoms. The molecule has 2 unspecified atom stereocenters. The summed E-state index contributed by atoms with van der Waals surface area (Å²) in [6.07, 6.45) is 1.92. The van der Waals surface area contributed by atoms with E-state index in [1.165, 1.54) is 0 Å². The molecule has 0 saturated carbocycles. The number of rotatable bonds is 5. The fourth-order valence-electron chi connectivity index (χ4n) is 2.54. The third-order valence-electron chi connectivity index (χ3n) is 4.20. The number of para-hydroxylation sites is 1. The van der Waals surface area contributed by atoms with E-state index in [9.17, 15) is 0 Å². The third-order valence-corrected chi connectivity index (χ3v) is 4.20. The number of hydrazone groups is 1. The minimum absolute atomic E-state index is 0.114. The van der Waals surface area contributed by atoms with E-state index in [0.29, 0.717) is 11.4 Å². The zero-order chi connectivity index (χ0) is 17.5. The highest BCUT2D eigenvalue weighted by atomic mass is 15.3. The summed E-state index contributed by atoms with van der Waals surface area (Å²) in [6, 6.07) is 19.5. The van der Waals surface area contributed by atoms with Crippen LogP contribution in [0, 0.1) is 17.2 Å². The molecule has 4 heteroatoms. The number of nitriles is 1. The van der Waals surface area contributed by atoms with Gasteiger partial charge in [0.15, 0.2) is 5.84 Å². The van der Waals surface area contributed by atoms with Crippen LogP contribution in [0.4, 0.5) is 5.69 Å². The second-order valence-corrected chi connectivity index (χ2v) is 5.68. The molecule has 2 aromatic carbocycles. The van der Waals surface area contributed by atoms with Gasteiger partial charge in [-0.1, -0.05) is 31.2 Å². The lowest BCUT2D eigenvalue weighted by Gasteiger charge is -2.34. The molecule has 0 aliphatic heterocycles. The summed E-state index contributed by atoms with van der Waals surface area (Å²) in [5.41, 5.74) is 2.48. The minimum Gasteiger partial charge on any atom is -0.321 e. The summed E-state index contributed by atoms with van der Waals surface area (Å²) in [4.78, 5) is 2.10. The SMILES string of the molecule is C=CC(C)C(C)N(/C(=N\N)c1ccc(C#N)cc1)c1ccccc1. The van der Waals surface area contributed by atoms with Crippen molar-refractivity contribution in [2.75, 3.05) is 4.90 Å². The molecule has 2 rings (SSSR count). The Balaban J connectivity index is 2.51. The van der Waals surface area contributed by atoms with Crippen molar-refractivity contribution in [1.29, 1.82) is 5.26 Å². The number of nitrogens with two attached hydrogens (primary N) is 1. The van der Waals surface area contributed by atoms with Gasteiger partial charge >= 0.3 is 0 Å². The predicted octanol–water partition coefficient (Wildman–Crippen LogP) is 3.90. The van der Waals surface area contributed by atoms with Crippen molar-refractivity contribution < 1.29 is 0 Å². The molecule has 2 atom stereocenters. The second kappa shape index (κ2) is 7.98. The van der Waals surface area contributed by atoms with Gasteiger partial charge in [0.05, 0.1) is 11.6 Å². The summed E-state index contributed by atoms with van der Waals surface area (Å²) >= 11 is 0. The first-order valence-electron chi connectivity index (χ1n) is 7.87. The Morgan fingerprint density at radius 1 is 1.17 bits per heavy atom. The standard InChI is InChI=1S/C20H22N4/c1-4-15(2)16(3)24(19-8-6-5-7-9-19)20(23-22)18-12-10-17(14-21)11-13-18/h4-13,15-16H,1,22H2,2-3H3/b23-20-. The van der Waals surface area contributed by atoms with Crippen molar-refractivity contribution in [3.8, 4) is 6.07 Å². The zero-order valence-electron chi connectivity index (χ0n) is 14.1. The lowest BCUT2D eigenvalue weighted by molar-refractivity contribution is 0.576. The number of hydrogen-bond donors (Lipinski definition) is 1. The Hall–Kier alpha value is -3.06. The van der Waals surface area contributed by atoms with Crippen LogP contribution in [0.2, 0.25) is 0 Å². The van der Waals surface area contributed by atoms with Gasteiger partial charge in [-0.05, 0) is 49.2 Å². The highest BCUT2D eigenvalue weighted by molar-refractivity contribution is 6.10. The van der Waals surface area contributed by atoms with E-state index in [4.69, 9.17) is 11.1 Å². The molecule has 2 aromatic rings. The van der Waals surface area contributed by atoms with Gasteiger partial charge in [-0.25, -0.2) is 0 Å². The van der Waals surface area contributed by atoms with E-state index < -0.39 is 0 Å². The van der Waals surface area contributed by atoms with E-state index in [2.05, 4.69) is 36.5 Å². The van der Waals surface area contributed by atoms with E-state index in [-0.39, 0.29) is 12.0 Å². The van der Waals surface area contributed by atoms with Crippen LogP contribution < -0.4 is 10.7 Å². The van der Waals surface area contributed by atoms with Gasteiger partial charge in [0.1, 0.15) is 0 Å². The summed E-state index contributed by atoms with van der Waals surface area (Å²) in [5, 5.41) is 13.0. The average molecular weight is 318 g/mol. The first kappa shape index (κ1) is 17.3. The van der Waals surface area contributed by atoms with Crippen LogP contribution in [0.1, 0.15) is 25.0 Å². The highest BCUT2D eigenvalue weighted by Gasteiger charge is 2.24. The molecule has 0 radical (unpaired) electrons. The van der Waals surface area contributed by atoms with Crippen molar-refractivity contribution >= 4 is 11.5 Å². The molecule has 0 aliphatic rings. The van der Waals surface area contributed by atoms with Crippen molar-refractivity contribution in [3.05, 3.63) is 78.4 Å². The smallest absolute Gasteiger partial charge is 0.160 e. The molecular weight excluding hydrogens is 296 g/mol. The lowest BCUT2D eigenvalue weighted by atomic mass is 9.99. The molecule has 0 spiro atoms. The average Bonchev–Trinajstić information content (AvgIpc) is 2.65. The normalized spacial score (nSPS) is 13.6. The van der Waals surface area contributed by atoms with Crippen LogP contribution in [-0.2, 0) is 0 Å². The molecular formula is C20H22N4. The predicted molar refractivity (Wildman–Crippen MR) is 99.6 cm³/mol.